The molecular formula is C35H46N2O7S. The highest BCUT2D eigenvalue weighted by molar-refractivity contribution is 7.89. The van der Waals surface area contributed by atoms with Crippen molar-refractivity contribution in [2.45, 2.75) is 68.8 Å². The summed E-state index contributed by atoms with van der Waals surface area (Å²) in [6.45, 7) is 7.13. The van der Waals surface area contributed by atoms with Crippen molar-refractivity contribution in [2.24, 2.45) is 0 Å². The molecule has 2 aliphatic heterocycles. The molecule has 0 saturated carbocycles. The topological polar surface area (TPSA) is 97.8 Å². The minimum atomic E-state index is -3.85. The number of sulfonamides is 1. The highest BCUT2D eigenvalue weighted by Gasteiger charge is 2.43. The van der Waals surface area contributed by atoms with Gasteiger partial charge >= 0.3 is 0 Å². The molecule has 0 aromatic heterocycles. The Morgan fingerprint density at radius 1 is 1.04 bits per heavy atom. The maximum Gasteiger partial charge on any atom is 0.243 e. The van der Waals surface area contributed by atoms with Crippen molar-refractivity contribution in [3.63, 3.8) is 0 Å². The third kappa shape index (κ3) is 7.99. The first-order valence-corrected chi connectivity index (χ1v) is 17.2. The molecule has 0 bridgehead atoms. The van der Waals surface area contributed by atoms with Crippen molar-refractivity contribution in [3.8, 4) is 11.5 Å². The third-order valence-corrected chi connectivity index (χ3v) is 10.7. The van der Waals surface area contributed by atoms with Crippen LogP contribution in [0.2, 0.25) is 0 Å². The van der Waals surface area contributed by atoms with E-state index in [0.29, 0.717) is 32.7 Å². The molecule has 1 saturated heterocycles. The molecule has 1 fully saturated rings. The van der Waals surface area contributed by atoms with Gasteiger partial charge in [0, 0.05) is 38.8 Å². The number of nitrogens with zero attached hydrogens (tertiary/aromatic N) is 2. The van der Waals surface area contributed by atoms with Gasteiger partial charge in [0.1, 0.15) is 18.1 Å². The molecule has 10 heteroatoms. The van der Waals surface area contributed by atoms with Gasteiger partial charge < -0.3 is 29.0 Å². The molecule has 0 amide bonds. The van der Waals surface area contributed by atoms with E-state index in [-0.39, 0.29) is 17.4 Å². The quantitative estimate of drug-likeness (QED) is 0.257. The number of hydrogen-bond acceptors (Lipinski definition) is 8. The van der Waals surface area contributed by atoms with Crippen molar-refractivity contribution in [2.75, 3.05) is 52.0 Å². The number of fused-ring (bicyclic) bond motifs is 1. The Kier molecular flexibility index (Phi) is 11.0. The van der Waals surface area contributed by atoms with Crippen LogP contribution in [0.25, 0.3) is 0 Å². The van der Waals surface area contributed by atoms with Gasteiger partial charge in [-0.3, -0.25) is 0 Å². The molecule has 244 valence electrons. The molecule has 0 spiro atoms. The Labute approximate surface area is 267 Å². The fourth-order valence-corrected chi connectivity index (χ4v) is 8.04. The van der Waals surface area contributed by atoms with E-state index in [9.17, 15) is 13.5 Å². The van der Waals surface area contributed by atoms with E-state index >= 15 is 0 Å². The van der Waals surface area contributed by atoms with Crippen molar-refractivity contribution in [3.05, 3.63) is 83.4 Å². The van der Waals surface area contributed by atoms with Crippen LogP contribution in [0.15, 0.2) is 71.6 Å². The van der Waals surface area contributed by atoms with Crippen LogP contribution in [0.3, 0.4) is 0 Å². The zero-order valence-electron chi connectivity index (χ0n) is 26.7. The second-order valence-electron chi connectivity index (χ2n) is 12.1. The van der Waals surface area contributed by atoms with Crippen LogP contribution in [0.1, 0.15) is 48.8 Å². The van der Waals surface area contributed by atoms with Crippen LogP contribution in [0.4, 0.5) is 5.69 Å². The van der Waals surface area contributed by atoms with Gasteiger partial charge in [0.05, 0.1) is 43.1 Å². The monoisotopic (exact) mass is 638 g/mol. The first-order chi connectivity index (χ1) is 21.7. The molecule has 3 aromatic carbocycles. The fourth-order valence-electron chi connectivity index (χ4n) is 6.38. The molecule has 2 aliphatic rings. The number of aliphatic hydroxyl groups excluding tert-OH is 1. The van der Waals surface area contributed by atoms with Gasteiger partial charge in [-0.15, -0.1) is 0 Å². The lowest BCUT2D eigenvalue weighted by atomic mass is 9.82. The Morgan fingerprint density at radius 3 is 2.49 bits per heavy atom. The van der Waals surface area contributed by atoms with E-state index in [0.717, 1.165) is 53.4 Å². The molecule has 1 N–H and O–H groups in total. The fraction of sp³-hybridized carbons (Fsp3) is 0.486. The van der Waals surface area contributed by atoms with Gasteiger partial charge in [-0.25, -0.2) is 8.42 Å². The summed E-state index contributed by atoms with van der Waals surface area (Å²) in [5.74, 6) is 1.52. The maximum absolute atomic E-state index is 14.1. The Hall–Kier alpha value is -3.15. The Morgan fingerprint density at radius 2 is 1.80 bits per heavy atom. The minimum Gasteiger partial charge on any atom is -0.497 e. The lowest BCUT2D eigenvalue weighted by Gasteiger charge is -2.44. The number of benzene rings is 3. The van der Waals surface area contributed by atoms with Crippen molar-refractivity contribution in [1.82, 2.24) is 4.31 Å². The molecular weight excluding hydrogens is 592 g/mol. The van der Waals surface area contributed by atoms with Crippen molar-refractivity contribution in [1.29, 1.82) is 0 Å². The summed E-state index contributed by atoms with van der Waals surface area (Å²) in [5, 5.41) is 10.4. The number of piperidine rings is 1. The van der Waals surface area contributed by atoms with Gasteiger partial charge in [0.15, 0.2) is 0 Å². The number of aliphatic hydroxyl groups is 1. The van der Waals surface area contributed by atoms with E-state index < -0.39 is 28.3 Å². The zero-order valence-corrected chi connectivity index (χ0v) is 27.5. The summed E-state index contributed by atoms with van der Waals surface area (Å²) in [7, 11) is -0.497. The number of rotatable bonds is 13. The summed E-state index contributed by atoms with van der Waals surface area (Å²) >= 11 is 0. The van der Waals surface area contributed by atoms with Gasteiger partial charge in [-0.05, 0) is 80.6 Å². The lowest BCUT2D eigenvalue weighted by molar-refractivity contribution is -0.0254. The average Bonchev–Trinajstić information content (AvgIpc) is 3.04. The summed E-state index contributed by atoms with van der Waals surface area (Å²) < 4.78 is 53.0. The van der Waals surface area contributed by atoms with E-state index in [1.54, 1.807) is 37.6 Å². The zero-order chi connectivity index (χ0) is 32.0. The molecule has 9 nitrogen and oxygen atoms in total. The lowest BCUT2D eigenvalue weighted by Crippen LogP contribution is -2.53. The third-order valence-electron chi connectivity index (χ3n) is 8.75. The predicted molar refractivity (Wildman–Crippen MR) is 175 cm³/mol. The molecule has 0 aliphatic carbocycles. The summed E-state index contributed by atoms with van der Waals surface area (Å²) in [6.07, 6.45) is 0.673. The van der Waals surface area contributed by atoms with Gasteiger partial charge in [0.2, 0.25) is 10.0 Å². The minimum absolute atomic E-state index is 0.0874. The largest absolute Gasteiger partial charge is 0.497 e. The maximum atomic E-state index is 14.1. The smallest absolute Gasteiger partial charge is 0.243 e. The van der Waals surface area contributed by atoms with Crippen LogP contribution < -0.4 is 14.4 Å². The van der Waals surface area contributed by atoms with Crippen molar-refractivity contribution >= 4 is 15.7 Å². The number of ether oxygens (including phenoxy) is 4. The van der Waals surface area contributed by atoms with Crippen LogP contribution in [-0.2, 0) is 26.1 Å². The van der Waals surface area contributed by atoms with Gasteiger partial charge in [-0.2, -0.15) is 4.31 Å². The van der Waals surface area contributed by atoms with E-state index in [2.05, 4.69) is 11.0 Å². The second-order valence-corrected chi connectivity index (χ2v) is 14.0. The highest BCUT2D eigenvalue weighted by Crippen LogP contribution is 2.39. The first kappa shape index (κ1) is 33.2. The first-order valence-electron chi connectivity index (χ1n) is 15.7. The molecule has 5 rings (SSSR count). The van der Waals surface area contributed by atoms with E-state index in [4.69, 9.17) is 18.9 Å². The predicted octanol–water partition coefficient (Wildman–Crippen LogP) is 5.14. The summed E-state index contributed by atoms with van der Waals surface area (Å²) in [5.41, 5.74) is 4.06. The normalized spacial score (nSPS) is 21.2. The van der Waals surface area contributed by atoms with Crippen LogP contribution in [0, 0.1) is 6.92 Å². The molecule has 45 heavy (non-hydrogen) atoms. The SMILES string of the molecule is COCCCN1CCOc2ccc(CO[C@H]3CN(S(=O)(=O)c4ccc(C)cc4)[C@H](CC(C)O)C[C@@H]3c3ccc(OC)cc3)cc21. The Bertz CT molecular complexity index is 1500. The molecule has 3 aromatic rings. The standard InChI is InChI=1S/C35H46N2O7S/c1-25-6-13-31(14-7-25)45(39,40)37-23-35(32(22-29(37)20-26(2)38)28-9-11-30(42-4)12-10-28)44-24-27-8-15-34-33(21-27)36(17-19-43-34)16-5-18-41-3/h6-15,21,26,29,32,35,38H,5,16-20,22-24H2,1-4H3/t26?,29-,32-,35+/m1/s1. The van der Waals surface area contributed by atoms with E-state index in [1.165, 1.54) is 0 Å². The van der Waals surface area contributed by atoms with Crippen LogP contribution in [0.5, 0.6) is 11.5 Å². The number of aryl methyl sites for hydroxylation is 1. The number of methoxy groups -OCH3 is 2. The number of anilines is 1. The van der Waals surface area contributed by atoms with Gasteiger partial charge in [0.25, 0.3) is 0 Å². The Balaban J connectivity index is 1.44. The average molecular weight is 639 g/mol. The molecule has 4 atom stereocenters. The van der Waals surface area contributed by atoms with Crippen LogP contribution >= 0.6 is 0 Å². The molecule has 2 heterocycles. The number of hydrogen-bond donors (Lipinski definition) is 1. The highest BCUT2D eigenvalue weighted by atomic mass is 32.2. The second kappa shape index (κ2) is 15.0. The molecule has 0 radical (unpaired) electrons. The van der Waals surface area contributed by atoms with Gasteiger partial charge in [-0.1, -0.05) is 35.9 Å². The summed E-state index contributed by atoms with van der Waals surface area (Å²) in [4.78, 5) is 2.56. The van der Waals surface area contributed by atoms with E-state index in [1.807, 2.05) is 55.5 Å². The van der Waals surface area contributed by atoms with Crippen LogP contribution in [-0.4, -0.2) is 83.1 Å². The summed E-state index contributed by atoms with van der Waals surface area (Å²) in [6, 6.07) is 20.6. The van der Waals surface area contributed by atoms with Crippen molar-refractivity contribution < 1.29 is 32.5 Å². The molecule has 1 unspecified atom stereocenters.